The summed E-state index contributed by atoms with van der Waals surface area (Å²) in [6, 6.07) is 47.9. The highest BCUT2D eigenvalue weighted by Crippen LogP contribution is 2.54. The van der Waals surface area contributed by atoms with E-state index in [9.17, 15) is 0 Å². The molecule has 2 aliphatic heterocycles. The lowest BCUT2D eigenvalue weighted by molar-refractivity contribution is 0.383. The summed E-state index contributed by atoms with van der Waals surface area (Å²) in [5.41, 5.74) is 8.52. The van der Waals surface area contributed by atoms with Crippen molar-refractivity contribution in [3.63, 3.8) is 0 Å². The second-order valence-corrected chi connectivity index (χ2v) is 12.1. The molecule has 2 aromatic heterocycles. The first-order valence-electron chi connectivity index (χ1n) is 16.1. The first-order valence-corrected chi connectivity index (χ1v) is 16.1. The number of ether oxygens (including phenoxy) is 1. The van der Waals surface area contributed by atoms with Gasteiger partial charge in [-0.2, -0.15) is 0 Å². The summed E-state index contributed by atoms with van der Waals surface area (Å²) in [6.45, 7) is 0. The quantitative estimate of drug-likeness (QED) is 0.208. The molecule has 0 bridgehead atoms. The lowest BCUT2D eigenvalue weighted by atomic mass is 9.64. The number of nitrogens with zero attached hydrogens (tertiary/aromatic N) is 3. The highest BCUT2D eigenvalue weighted by atomic mass is 16.5. The molecule has 5 aromatic carbocycles. The van der Waals surface area contributed by atoms with Gasteiger partial charge in [0.1, 0.15) is 11.5 Å². The van der Waals surface area contributed by atoms with Crippen LogP contribution in [0.5, 0.6) is 11.5 Å². The maximum Gasteiger partial charge on any atom is 0.160 e. The Morgan fingerprint density at radius 3 is 2.17 bits per heavy atom. The van der Waals surface area contributed by atoms with Gasteiger partial charge < -0.3 is 10.1 Å². The molecule has 2 atom stereocenters. The molecule has 1 N–H and O–H groups in total. The van der Waals surface area contributed by atoms with Crippen molar-refractivity contribution < 1.29 is 4.74 Å². The van der Waals surface area contributed by atoms with Crippen molar-refractivity contribution in [2.24, 2.45) is 0 Å². The summed E-state index contributed by atoms with van der Waals surface area (Å²) < 4.78 is 6.59. The molecule has 0 amide bonds. The van der Waals surface area contributed by atoms with Gasteiger partial charge in [0, 0.05) is 33.8 Å². The van der Waals surface area contributed by atoms with Gasteiger partial charge in [0.15, 0.2) is 5.82 Å². The van der Waals surface area contributed by atoms with Crippen molar-refractivity contribution >= 4 is 10.9 Å². The van der Waals surface area contributed by atoms with E-state index in [1.165, 1.54) is 0 Å². The van der Waals surface area contributed by atoms with Crippen molar-refractivity contribution in [2.75, 3.05) is 0 Å². The number of benzene rings is 5. The molecule has 228 valence electrons. The maximum atomic E-state index is 6.59. The van der Waals surface area contributed by atoms with Crippen LogP contribution in [0.1, 0.15) is 16.8 Å². The molecule has 9 rings (SSSR count). The summed E-state index contributed by atoms with van der Waals surface area (Å²) in [5.74, 6) is 2.38. The smallest absolute Gasteiger partial charge is 0.160 e. The van der Waals surface area contributed by atoms with Crippen molar-refractivity contribution in [2.45, 2.75) is 11.5 Å². The number of hydrogen-bond acceptors (Lipinski definition) is 5. The Morgan fingerprint density at radius 2 is 1.33 bits per heavy atom. The second-order valence-electron chi connectivity index (χ2n) is 12.1. The zero-order chi connectivity index (χ0) is 31.9. The predicted molar refractivity (Wildman–Crippen MR) is 192 cm³/mol. The van der Waals surface area contributed by atoms with Gasteiger partial charge in [0.2, 0.25) is 0 Å². The third kappa shape index (κ3) is 4.51. The molecule has 2 aliphatic rings. The van der Waals surface area contributed by atoms with Gasteiger partial charge >= 0.3 is 0 Å². The highest BCUT2D eigenvalue weighted by Gasteiger charge is 2.50. The van der Waals surface area contributed by atoms with E-state index in [1.807, 2.05) is 67.0 Å². The van der Waals surface area contributed by atoms with Gasteiger partial charge in [-0.1, -0.05) is 115 Å². The molecule has 0 saturated carbocycles. The molecule has 48 heavy (non-hydrogen) atoms. The highest BCUT2D eigenvalue weighted by molar-refractivity contribution is 5.94. The Balaban J connectivity index is 1.18. The molecular formula is C43H30N4O. The van der Waals surface area contributed by atoms with E-state index in [4.69, 9.17) is 19.7 Å². The van der Waals surface area contributed by atoms with Crippen LogP contribution in [0.25, 0.3) is 44.7 Å². The number of dihydropyridines is 1. The molecule has 2 unspecified atom stereocenters. The molecule has 0 saturated heterocycles. The number of para-hydroxylation sites is 2. The number of rotatable bonds is 5. The van der Waals surface area contributed by atoms with E-state index in [0.29, 0.717) is 0 Å². The third-order valence-electron chi connectivity index (χ3n) is 9.39. The van der Waals surface area contributed by atoms with Crippen LogP contribution in [-0.4, -0.2) is 21.0 Å². The van der Waals surface area contributed by atoms with Crippen molar-refractivity contribution in [1.29, 1.82) is 0 Å². The Bertz CT molecular complexity index is 2350. The summed E-state index contributed by atoms with van der Waals surface area (Å²) in [7, 11) is 0. The number of aromatic nitrogens is 3. The number of allylic oxidation sites excluding steroid dienone is 2. The van der Waals surface area contributed by atoms with E-state index in [1.54, 1.807) is 0 Å². The minimum Gasteiger partial charge on any atom is -0.457 e. The molecule has 0 radical (unpaired) electrons. The van der Waals surface area contributed by atoms with Crippen molar-refractivity contribution in [3.8, 4) is 45.3 Å². The standard InChI is InChI=1S/C43H30N4O/c1-2-12-31(13-3-1)42-46-36-16-6-4-14-33(36)41(47-42)30-22-20-29(21-23-30)32-24-25-38-35(28-32)43(39-18-8-10-26-44-39,40-19-9-11-27-45-40)34-15-5-7-17-37(34)48-38/h1-28,39,44H. The Morgan fingerprint density at radius 1 is 0.583 bits per heavy atom. The van der Waals surface area contributed by atoms with E-state index < -0.39 is 5.41 Å². The summed E-state index contributed by atoms with van der Waals surface area (Å²) >= 11 is 0. The Hall–Kier alpha value is -6.33. The van der Waals surface area contributed by atoms with Gasteiger partial charge in [0.25, 0.3) is 0 Å². The lowest BCUT2D eigenvalue weighted by Crippen LogP contribution is -2.50. The number of nitrogens with one attached hydrogen (secondary N) is 1. The van der Waals surface area contributed by atoms with Gasteiger partial charge in [-0.15, -0.1) is 0 Å². The average Bonchev–Trinajstić information content (AvgIpc) is 3.17. The van der Waals surface area contributed by atoms with Crippen molar-refractivity contribution in [3.05, 3.63) is 187 Å². The molecular weight excluding hydrogens is 589 g/mol. The van der Waals surface area contributed by atoms with Crippen molar-refractivity contribution in [1.82, 2.24) is 20.3 Å². The van der Waals surface area contributed by atoms with Crippen LogP contribution in [0, 0.1) is 0 Å². The van der Waals surface area contributed by atoms with Crippen LogP contribution < -0.4 is 10.1 Å². The first kappa shape index (κ1) is 27.9. The van der Waals surface area contributed by atoms with E-state index >= 15 is 0 Å². The van der Waals surface area contributed by atoms with Gasteiger partial charge in [-0.05, 0) is 59.8 Å². The molecule has 5 nitrogen and oxygen atoms in total. The van der Waals surface area contributed by atoms with Crippen LogP contribution in [-0.2, 0) is 5.41 Å². The molecule has 0 spiro atoms. The van der Waals surface area contributed by atoms with Crippen LogP contribution >= 0.6 is 0 Å². The second kappa shape index (κ2) is 11.5. The van der Waals surface area contributed by atoms with E-state index in [2.05, 4.69) is 108 Å². The predicted octanol–water partition coefficient (Wildman–Crippen LogP) is 9.51. The van der Waals surface area contributed by atoms with Crippen LogP contribution in [0.4, 0.5) is 0 Å². The topological polar surface area (TPSA) is 59.9 Å². The molecule has 5 heteroatoms. The SMILES string of the molecule is C1=CNC(C2(c3ccccn3)c3ccccc3Oc3ccc(-c4ccc(-c5nc(-c6ccccc6)nc6ccccc56)cc4)cc32)C=C1. The molecule has 0 aliphatic carbocycles. The van der Waals surface area contributed by atoms with Gasteiger partial charge in [-0.3, -0.25) is 4.98 Å². The zero-order valence-corrected chi connectivity index (χ0v) is 26.0. The number of fused-ring (bicyclic) bond motifs is 3. The summed E-state index contributed by atoms with van der Waals surface area (Å²) in [5, 5.41) is 4.68. The van der Waals surface area contributed by atoms with Crippen LogP contribution in [0.3, 0.4) is 0 Å². The fourth-order valence-electron chi connectivity index (χ4n) is 7.17. The normalized spacial score (nSPS) is 17.6. The molecule has 7 aromatic rings. The van der Waals surface area contributed by atoms with Gasteiger partial charge in [0.05, 0.1) is 28.4 Å². The monoisotopic (exact) mass is 618 g/mol. The fraction of sp³-hybridized carbons (Fsp3) is 0.0465. The molecule has 0 fully saturated rings. The van der Waals surface area contributed by atoms with E-state index in [0.717, 1.165) is 73.0 Å². The van der Waals surface area contributed by atoms with Crippen LogP contribution in [0.2, 0.25) is 0 Å². The minimum atomic E-state index is -0.642. The third-order valence-corrected chi connectivity index (χ3v) is 9.39. The lowest BCUT2D eigenvalue weighted by Gasteiger charge is -2.45. The average molecular weight is 619 g/mol. The van der Waals surface area contributed by atoms with Gasteiger partial charge in [-0.25, -0.2) is 9.97 Å². The van der Waals surface area contributed by atoms with E-state index in [-0.39, 0.29) is 6.04 Å². The Labute approximate surface area is 279 Å². The molecule has 4 heterocycles. The number of hydrogen-bond donors (Lipinski definition) is 1. The first-order chi connectivity index (χ1) is 23.8. The maximum absolute atomic E-state index is 6.59. The Kier molecular flexibility index (Phi) is 6.68. The summed E-state index contributed by atoms with van der Waals surface area (Å²) in [6.07, 6.45) is 10.2. The van der Waals surface area contributed by atoms with Crippen LogP contribution in [0.15, 0.2) is 170 Å². The fourth-order valence-corrected chi connectivity index (χ4v) is 7.17. The summed E-state index contributed by atoms with van der Waals surface area (Å²) in [4.78, 5) is 14.9. The largest absolute Gasteiger partial charge is 0.457 e. The number of pyridine rings is 1. The zero-order valence-electron chi connectivity index (χ0n) is 26.0. The minimum absolute atomic E-state index is 0.0938.